The van der Waals surface area contributed by atoms with Crippen LogP contribution < -0.4 is 15.4 Å². The van der Waals surface area contributed by atoms with Crippen LogP contribution in [0.5, 0.6) is 5.88 Å². The number of rotatable bonds is 8. The Labute approximate surface area is 214 Å². The normalized spacial score (nSPS) is 14.2. The highest BCUT2D eigenvalue weighted by Crippen LogP contribution is 2.22. The highest BCUT2D eigenvalue weighted by molar-refractivity contribution is 14.0. The first kappa shape index (κ1) is 26.9. The van der Waals surface area contributed by atoms with E-state index in [1.54, 1.807) is 26.0 Å². The molecule has 0 radical (unpaired) electrons. The van der Waals surface area contributed by atoms with E-state index in [9.17, 15) is 4.79 Å². The number of hydrogen-bond donors (Lipinski definition) is 2. The quantitative estimate of drug-likeness (QED) is 0.287. The minimum absolute atomic E-state index is 0. The summed E-state index contributed by atoms with van der Waals surface area (Å²) in [6, 6.07) is 11.7. The van der Waals surface area contributed by atoms with Gasteiger partial charge in [0.2, 0.25) is 5.88 Å². The number of nitrogens with one attached hydrogen (secondary N) is 2. The molecule has 33 heavy (non-hydrogen) atoms. The van der Waals surface area contributed by atoms with E-state index in [-0.39, 0.29) is 29.9 Å². The van der Waals surface area contributed by atoms with Gasteiger partial charge >= 0.3 is 0 Å². The predicted octanol–water partition coefficient (Wildman–Crippen LogP) is 4.02. The molecule has 0 atom stereocenters. The number of aromatic nitrogens is 1. The number of halogens is 1. The first-order valence-corrected chi connectivity index (χ1v) is 11.4. The number of amides is 1. The van der Waals surface area contributed by atoms with Crippen molar-refractivity contribution in [3.63, 3.8) is 0 Å². The molecule has 0 saturated heterocycles. The zero-order valence-corrected chi connectivity index (χ0v) is 22.2. The molecule has 1 heterocycles. The van der Waals surface area contributed by atoms with E-state index in [0.29, 0.717) is 30.6 Å². The zero-order chi connectivity index (χ0) is 22.8. The fourth-order valence-corrected chi connectivity index (χ4v) is 3.79. The van der Waals surface area contributed by atoms with Gasteiger partial charge in [0.15, 0.2) is 5.96 Å². The van der Waals surface area contributed by atoms with Crippen molar-refractivity contribution in [1.29, 1.82) is 0 Å². The van der Waals surface area contributed by atoms with E-state index < -0.39 is 0 Å². The summed E-state index contributed by atoms with van der Waals surface area (Å²) < 4.78 is 6.00. The van der Waals surface area contributed by atoms with Crippen molar-refractivity contribution in [3.05, 3.63) is 59.3 Å². The van der Waals surface area contributed by atoms with Crippen molar-refractivity contribution in [3.8, 4) is 5.88 Å². The van der Waals surface area contributed by atoms with Crippen LogP contribution in [0.1, 0.15) is 53.6 Å². The summed E-state index contributed by atoms with van der Waals surface area (Å²) in [5, 5.41) is 6.64. The van der Waals surface area contributed by atoms with Gasteiger partial charge in [0.1, 0.15) is 6.10 Å². The Balaban J connectivity index is 0.00000385. The van der Waals surface area contributed by atoms with Crippen molar-refractivity contribution in [2.45, 2.75) is 51.2 Å². The predicted molar refractivity (Wildman–Crippen MR) is 144 cm³/mol. The molecule has 2 aromatic rings. The van der Waals surface area contributed by atoms with Crippen LogP contribution in [0.25, 0.3) is 0 Å². The summed E-state index contributed by atoms with van der Waals surface area (Å²) in [6.07, 6.45) is 9.03. The summed E-state index contributed by atoms with van der Waals surface area (Å²) in [5.41, 5.74) is 2.88. The Morgan fingerprint density at radius 3 is 2.58 bits per heavy atom. The van der Waals surface area contributed by atoms with Gasteiger partial charge in [0.05, 0.1) is 0 Å². The number of guanidine groups is 1. The number of aliphatic imine (C=N–C) groups is 1. The molecule has 8 heteroatoms. The lowest BCUT2D eigenvalue weighted by Gasteiger charge is -2.22. The Morgan fingerprint density at radius 1 is 1.12 bits per heavy atom. The smallest absolute Gasteiger partial charge is 0.253 e. The monoisotopic (exact) mass is 565 g/mol. The molecule has 0 unspecified atom stereocenters. The number of pyridine rings is 1. The number of nitrogens with zero attached hydrogens (tertiary/aromatic N) is 3. The van der Waals surface area contributed by atoms with Gasteiger partial charge in [-0.25, -0.2) is 4.98 Å². The van der Waals surface area contributed by atoms with Crippen LogP contribution in [0.15, 0.2) is 47.6 Å². The third-order valence-corrected chi connectivity index (χ3v) is 5.61. The van der Waals surface area contributed by atoms with Crippen molar-refractivity contribution in [2.24, 2.45) is 4.99 Å². The van der Waals surface area contributed by atoms with Crippen LogP contribution in [-0.2, 0) is 13.0 Å². The van der Waals surface area contributed by atoms with Gasteiger partial charge in [0.25, 0.3) is 5.91 Å². The van der Waals surface area contributed by atoms with Crippen LogP contribution >= 0.6 is 24.0 Å². The van der Waals surface area contributed by atoms with Crippen molar-refractivity contribution < 1.29 is 9.53 Å². The molecule has 1 aromatic carbocycles. The average molecular weight is 566 g/mol. The Kier molecular flexibility index (Phi) is 11.4. The van der Waals surface area contributed by atoms with Crippen LogP contribution in [0.3, 0.4) is 0 Å². The minimum atomic E-state index is 0. The van der Waals surface area contributed by atoms with E-state index in [2.05, 4.69) is 20.6 Å². The van der Waals surface area contributed by atoms with Crippen molar-refractivity contribution in [2.75, 3.05) is 27.7 Å². The van der Waals surface area contributed by atoms with Crippen LogP contribution in [0.2, 0.25) is 0 Å². The Hall–Kier alpha value is -2.36. The lowest BCUT2D eigenvalue weighted by atomic mass is 9.98. The fourth-order valence-electron chi connectivity index (χ4n) is 3.79. The van der Waals surface area contributed by atoms with Gasteiger partial charge in [-0.3, -0.25) is 9.79 Å². The van der Waals surface area contributed by atoms with Crippen LogP contribution in [0.4, 0.5) is 0 Å². The average Bonchev–Trinajstić information content (AvgIpc) is 2.82. The lowest BCUT2D eigenvalue weighted by molar-refractivity contribution is 0.0827. The summed E-state index contributed by atoms with van der Waals surface area (Å²) >= 11 is 0. The molecule has 180 valence electrons. The Morgan fingerprint density at radius 2 is 1.91 bits per heavy atom. The van der Waals surface area contributed by atoms with Crippen molar-refractivity contribution >= 4 is 35.8 Å². The number of benzene rings is 1. The first-order valence-electron chi connectivity index (χ1n) is 11.4. The maximum Gasteiger partial charge on any atom is 0.253 e. The number of carbonyl (C=O) groups excluding carboxylic acids is 1. The Bertz CT molecular complexity index is 896. The van der Waals surface area contributed by atoms with Gasteiger partial charge in [-0.05, 0) is 55.4 Å². The van der Waals surface area contributed by atoms with Gasteiger partial charge in [-0.2, -0.15) is 0 Å². The molecular formula is C25H36IN5O2. The molecule has 0 aliphatic heterocycles. The SMILES string of the molecule is CN=C(NCCc1cccc(C(=O)N(C)C)c1)NCc1ccc(OC2CCCCC2)nc1.I. The number of ether oxygens (including phenoxy) is 1. The molecule has 2 N–H and O–H groups in total. The molecule has 0 bridgehead atoms. The van der Waals surface area contributed by atoms with E-state index >= 15 is 0 Å². The third-order valence-electron chi connectivity index (χ3n) is 5.61. The fraction of sp³-hybridized carbons (Fsp3) is 0.480. The standard InChI is InChI=1S/C25H35N5O2.HI/c1-26-25(27-15-14-19-8-7-9-21(16-19)24(31)30(2)3)29-18-20-12-13-23(28-17-20)32-22-10-5-4-6-11-22;/h7-9,12-13,16-17,22H,4-6,10-11,14-15,18H2,1-3H3,(H2,26,27,29);1H. The van der Waals surface area contributed by atoms with Crippen LogP contribution in [-0.4, -0.2) is 55.5 Å². The second-order valence-electron chi connectivity index (χ2n) is 8.39. The van der Waals surface area contributed by atoms with Gasteiger partial charge in [-0.15, -0.1) is 24.0 Å². The summed E-state index contributed by atoms with van der Waals surface area (Å²) in [7, 11) is 5.28. The molecule has 3 rings (SSSR count). The van der Waals surface area contributed by atoms with E-state index in [1.165, 1.54) is 19.3 Å². The highest BCUT2D eigenvalue weighted by Gasteiger charge is 2.15. The maximum atomic E-state index is 12.1. The summed E-state index contributed by atoms with van der Waals surface area (Å²) in [5.74, 6) is 1.45. The van der Waals surface area contributed by atoms with E-state index in [1.807, 2.05) is 42.6 Å². The second-order valence-corrected chi connectivity index (χ2v) is 8.39. The summed E-state index contributed by atoms with van der Waals surface area (Å²) in [4.78, 5) is 22.5. The zero-order valence-electron chi connectivity index (χ0n) is 19.8. The molecule has 1 aliphatic carbocycles. The summed E-state index contributed by atoms with van der Waals surface area (Å²) in [6.45, 7) is 1.34. The molecule has 1 fully saturated rings. The second kappa shape index (κ2) is 14.0. The van der Waals surface area contributed by atoms with E-state index in [0.717, 1.165) is 36.3 Å². The third kappa shape index (κ3) is 8.83. The largest absolute Gasteiger partial charge is 0.474 e. The molecule has 1 amide bonds. The molecule has 1 aromatic heterocycles. The van der Waals surface area contributed by atoms with Gasteiger partial charge in [-0.1, -0.05) is 24.6 Å². The van der Waals surface area contributed by atoms with Gasteiger partial charge in [0, 0.05) is 52.1 Å². The molecule has 1 saturated carbocycles. The lowest BCUT2D eigenvalue weighted by Crippen LogP contribution is -2.37. The first-order chi connectivity index (χ1) is 15.5. The number of carbonyl (C=O) groups is 1. The molecule has 1 aliphatic rings. The van der Waals surface area contributed by atoms with Crippen LogP contribution in [0, 0.1) is 0 Å². The van der Waals surface area contributed by atoms with Gasteiger partial charge < -0.3 is 20.3 Å². The molecule has 0 spiro atoms. The van der Waals surface area contributed by atoms with Crippen molar-refractivity contribution in [1.82, 2.24) is 20.5 Å². The van der Waals surface area contributed by atoms with E-state index in [4.69, 9.17) is 4.74 Å². The minimum Gasteiger partial charge on any atom is -0.474 e. The molecular weight excluding hydrogens is 529 g/mol. The topological polar surface area (TPSA) is 78.9 Å². The number of hydrogen-bond acceptors (Lipinski definition) is 4. The highest BCUT2D eigenvalue weighted by atomic mass is 127. The maximum absolute atomic E-state index is 12.1. The molecule has 7 nitrogen and oxygen atoms in total.